The first-order valence-electron chi connectivity index (χ1n) is 20.9. The molecule has 5 nitrogen and oxygen atoms in total. The minimum atomic E-state index is -0.777. The second-order valence-electron chi connectivity index (χ2n) is 17.8. The number of hydrogen-bond donors (Lipinski definition) is 0. The second-order valence-corrected chi connectivity index (χ2v) is 22.7. The van der Waals surface area contributed by atoms with Gasteiger partial charge in [0.2, 0.25) is 0 Å². The lowest BCUT2D eigenvalue weighted by Crippen LogP contribution is -2.35. The van der Waals surface area contributed by atoms with Crippen molar-refractivity contribution in [1.82, 2.24) is 4.90 Å². The van der Waals surface area contributed by atoms with Crippen LogP contribution in [0.25, 0.3) is 0 Å². The minimum absolute atomic E-state index is 0.432. The van der Waals surface area contributed by atoms with Crippen LogP contribution in [0.5, 0.6) is 0 Å². The van der Waals surface area contributed by atoms with Crippen LogP contribution < -0.4 is 40.8 Å². The van der Waals surface area contributed by atoms with Crippen LogP contribution in [0, 0.1) is 55.4 Å². The van der Waals surface area contributed by atoms with Crippen molar-refractivity contribution in [3.8, 4) is 0 Å². The summed E-state index contributed by atoms with van der Waals surface area (Å²) in [5, 5.41) is 6.02. The Hall–Kier alpha value is -3.88. The van der Waals surface area contributed by atoms with Crippen LogP contribution in [-0.4, -0.2) is 85.7 Å². The molecule has 0 N–H and O–H groups in total. The SMILES string of the molecule is Cc1cc(P(c2cc(C)c(N(C)C)c(C)c2)[C@@H]2CN(Cc3ccccc3)C[C@H]2P(c2cc(C)c(N(C)C)c(C)c2)c2cc(C)c(N(C)C)c(C)c2)cc(C)c1N(C)C. The average molecular weight is 814 g/mol. The van der Waals surface area contributed by atoms with Gasteiger partial charge < -0.3 is 19.6 Å². The topological polar surface area (TPSA) is 16.2 Å². The summed E-state index contributed by atoms with van der Waals surface area (Å²) >= 11 is 0. The molecule has 0 spiro atoms. The van der Waals surface area contributed by atoms with Gasteiger partial charge in [0, 0.05) is 110 Å². The Morgan fingerprint density at radius 1 is 0.414 bits per heavy atom. The summed E-state index contributed by atoms with van der Waals surface area (Å²) in [5.41, 5.74) is 18.5. The first kappa shape index (κ1) is 43.7. The highest BCUT2D eigenvalue weighted by atomic mass is 31.1. The average Bonchev–Trinajstić information content (AvgIpc) is 3.49. The predicted octanol–water partition coefficient (Wildman–Crippen LogP) is 9.24. The standard InChI is InChI=1S/C51H69N5P2/c1-33-22-42(23-34(2)48(33)52(9)10)57(43-24-35(3)49(53(11)12)36(4)25-43)46-31-56(30-41-20-18-17-19-21-41)32-47(46)58(44-26-37(5)50(54(13)14)38(6)27-44)45-28-39(7)51(55(15)16)40(8)29-45/h17-29,46-47H,30-32H2,1-16H3/t46-,47-/m1/s1. The van der Waals surface area contributed by atoms with Gasteiger partial charge >= 0.3 is 0 Å². The van der Waals surface area contributed by atoms with Crippen molar-refractivity contribution >= 4 is 59.8 Å². The second kappa shape index (κ2) is 17.8. The predicted molar refractivity (Wildman–Crippen MR) is 263 cm³/mol. The molecular weight excluding hydrogens is 745 g/mol. The fourth-order valence-corrected chi connectivity index (χ4v) is 17.8. The molecule has 58 heavy (non-hydrogen) atoms. The molecule has 0 saturated carbocycles. The molecule has 308 valence electrons. The van der Waals surface area contributed by atoms with Crippen LogP contribution in [0.2, 0.25) is 0 Å². The Labute approximate surface area is 354 Å². The summed E-state index contributed by atoms with van der Waals surface area (Å²) in [4.78, 5) is 12.0. The molecule has 0 amide bonds. The fraction of sp³-hybridized carbons (Fsp3) is 0.412. The van der Waals surface area contributed by atoms with Crippen molar-refractivity contribution in [2.24, 2.45) is 0 Å². The van der Waals surface area contributed by atoms with Crippen molar-refractivity contribution in [2.45, 2.75) is 73.3 Å². The van der Waals surface area contributed by atoms with Crippen LogP contribution in [-0.2, 0) is 6.54 Å². The van der Waals surface area contributed by atoms with E-state index in [9.17, 15) is 0 Å². The summed E-state index contributed by atoms with van der Waals surface area (Å²) in [7, 11) is 15.9. The lowest BCUT2D eigenvalue weighted by atomic mass is 10.1. The monoisotopic (exact) mass is 814 g/mol. The van der Waals surface area contributed by atoms with Crippen molar-refractivity contribution in [3.05, 3.63) is 129 Å². The molecule has 6 rings (SSSR count). The van der Waals surface area contributed by atoms with Crippen molar-refractivity contribution < 1.29 is 0 Å². The number of hydrogen-bond acceptors (Lipinski definition) is 5. The highest BCUT2D eigenvalue weighted by Crippen LogP contribution is 2.56. The normalized spacial score (nSPS) is 15.8. The van der Waals surface area contributed by atoms with E-state index in [4.69, 9.17) is 0 Å². The summed E-state index contributed by atoms with van der Waals surface area (Å²) in [6, 6.07) is 31.6. The zero-order valence-electron chi connectivity index (χ0n) is 38.4. The quantitative estimate of drug-likeness (QED) is 0.117. The van der Waals surface area contributed by atoms with E-state index in [1.54, 1.807) is 0 Å². The Bertz CT molecular complexity index is 1900. The summed E-state index contributed by atoms with van der Waals surface area (Å²) in [6.45, 7) is 21.7. The number of likely N-dealkylation sites (tertiary alicyclic amines) is 1. The Kier molecular flexibility index (Phi) is 13.4. The number of aryl methyl sites for hydroxylation is 8. The van der Waals surface area contributed by atoms with Crippen LogP contribution in [0.15, 0.2) is 78.9 Å². The fourth-order valence-electron chi connectivity index (χ4n) is 10.5. The van der Waals surface area contributed by atoms with Crippen LogP contribution in [0.4, 0.5) is 22.7 Å². The molecule has 0 radical (unpaired) electrons. The van der Waals surface area contributed by atoms with Crippen molar-refractivity contribution in [1.29, 1.82) is 0 Å². The molecule has 1 saturated heterocycles. The molecule has 1 heterocycles. The maximum Gasteiger partial charge on any atom is 0.0420 e. The molecule has 0 aliphatic carbocycles. The van der Waals surface area contributed by atoms with Gasteiger partial charge in [-0.2, -0.15) is 0 Å². The van der Waals surface area contributed by atoms with E-state index in [-0.39, 0.29) is 0 Å². The number of benzene rings is 5. The largest absolute Gasteiger partial charge is 0.377 e. The molecule has 1 aliphatic rings. The molecule has 7 heteroatoms. The first-order chi connectivity index (χ1) is 27.4. The van der Waals surface area contributed by atoms with Gasteiger partial charge in [0.1, 0.15) is 0 Å². The van der Waals surface area contributed by atoms with E-state index in [0.717, 1.165) is 19.6 Å². The molecule has 5 aromatic carbocycles. The number of rotatable bonds is 12. The van der Waals surface area contributed by atoms with Crippen molar-refractivity contribution in [2.75, 3.05) is 89.1 Å². The van der Waals surface area contributed by atoms with Gasteiger partial charge in [0.15, 0.2) is 0 Å². The summed E-state index contributed by atoms with van der Waals surface area (Å²) in [5.74, 6) is 0. The highest BCUT2D eigenvalue weighted by molar-refractivity contribution is 7.77. The summed E-state index contributed by atoms with van der Waals surface area (Å²) in [6.07, 6.45) is 0. The van der Waals surface area contributed by atoms with Crippen LogP contribution in [0.1, 0.15) is 50.1 Å². The maximum absolute atomic E-state index is 2.80. The van der Waals surface area contributed by atoms with Gasteiger partial charge in [0.25, 0.3) is 0 Å². The van der Waals surface area contributed by atoms with Crippen LogP contribution in [0.3, 0.4) is 0 Å². The molecule has 0 bridgehead atoms. The van der Waals surface area contributed by atoms with E-state index < -0.39 is 15.8 Å². The molecule has 2 atom stereocenters. The third kappa shape index (κ3) is 8.84. The Morgan fingerprint density at radius 3 is 0.879 bits per heavy atom. The zero-order valence-corrected chi connectivity index (χ0v) is 40.2. The van der Waals surface area contributed by atoms with E-state index in [1.807, 2.05) is 0 Å². The van der Waals surface area contributed by atoms with Gasteiger partial charge in [-0.3, -0.25) is 4.90 Å². The molecule has 1 fully saturated rings. The van der Waals surface area contributed by atoms with E-state index in [2.05, 4.69) is 215 Å². The number of nitrogens with zero attached hydrogens (tertiary/aromatic N) is 5. The van der Waals surface area contributed by atoms with Gasteiger partial charge in [-0.25, -0.2) is 0 Å². The Balaban J connectivity index is 1.66. The lowest BCUT2D eigenvalue weighted by molar-refractivity contribution is 0.333. The van der Waals surface area contributed by atoms with Gasteiger partial charge in [0.05, 0.1) is 0 Å². The van der Waals surface area contributed by atoms with E-state index in [0.29, 0.717) is 11.3 Å². The van der Waals surface area contributed by atoms with E-state index in [1.165, 1.54) is 94.0 Å². The smallest absolute Gasteiger partial charge is 0.0420 e. The maximum atomic E-state index is 2.80. The highest BCUT2D eigenvalue weighted by Gasteiger charge is 2.44. The molecule has 5 aromatic rings. The third-order valence-electron chi connectivity index (χ3n) is 12.1. The molecule has 0 aromatic heterocycles. The van der Waals surface area contributed by atoms with Gasteiger partial charge in [-0.05, 0) is 191 Å². The lowest BCUT2D eigenvalue weighted by Gasteiger charge is -2.37. The zero-order chi connectivity index (χ0) is 42.3. The van der Waals surface area contributed by atoms with Gasteiger partial charge in [-0.1, -0.05) is 30.3 Å². The minimum Gasteiger partial charge on any atom is -0.377 e. The van der Waals surface area contributed by atoms with Gasteiger partial charge in [-0.15, -0.1) is 0 Å². The third-order valence-corrected chi connectivity index (χ3v) is 17.9. The van der Waals surface area contributed by atoms with Crippen LogP contribution >= 0.6 is 15.8 Å². The molecule has 0 unspecified atom stereocenters. The Morgan fingerprint density at radius 2 is 0.655 bits per heavy atom. The molecule has 1 aliphatic heterocycles. The molecular formula is C51H69N5P2. The number of anilines is 4. The van der Waals surface area contributed by atoms with E-state index >= 15 is 0 Å². The first-order valence-corrected chi connectivity index (χ1v) is 23.7. The van der Waals surface area contributed by atoms with Crippen molar-refractivity contribution in [3.63, 3.8) is 0 Å². The summed E-state index contributed by atoms with van der Waals surface area (Å²) < 4.78 is 0.